The first kappa shape index (κ1) is 20.2. The van der Waals surface area contributed by atoms with Crippen molar-refractivity contribution >= 4 is 23.3 Å². The lowest BCUT2D eigenvalue weighted by molar-refractivity contribution is -0.131. The van der Waals surface area contributed by atoms with Crippen LogP contribution in [0.4, 0.5) is 5.82 Å². The first-order valence-corrected chi connectivity index (χ1v) is 10.1. The lowest BCUT2D eigenvalue weighted by atomic mass is 10.2. The highest BCUT2D eigenvalue weighted by Crippen LogP contribution is 2.23. The third-order valence-corrected chi connectivity index (χ3v) is 5.25. The fourth-order valence-corrected chi connectivity index (χ4v) is 3.45. The molecular formula is C21H22ClN5O3. The minimum atomic E-state index is 0.0950. The lowest BCUT2D eigenvalue weighted by Gasteiger charge is -2.35. The molecular weight excluding hydrogens is 406 g/mol. The number of benzene rings is 1. The number of rotatable bonds is 6. The van der Waals surface area contributed by atoms with Crippen LogP contribution in [0.1, 0.15) is 12.3 Å². The Bertz CT molecular complexity index is 1000. The van der Waals surface area contributed by atoms with E-state index in [1.807, 2.05) is 17.0 Å². The summed E-state index contributed by atoms with van der Waals surface area (Å²) in [6, 6.07) is 7.37. The Morgan fingerprint density at radius 2 is 1.90 bits per heavy atom. The van der Waals surface area contributed by atoms with Gasteiger partial charge in [-0.25, -0.2) is 4.98 Å². The number of anilines is 1. The van der Waals surface area contributed by atoms with Crippen molar-refractivity contribution in [2.45, 2.75) is 12.8 Å². The Balaban J connectivity index is 1.28. The van der Waals surface area contributed by atoms with E-state index in [9.17, 15) is 4.79 Å². The van der Waals surface area contributed by atoms with Gasteiger partial charge in [-0.3, -0.25) is 9.78 Å². The van der Waals surface area contributed by atoms with E-state index in [2.05, 4.69) is 19.9 Å². The predicted octanol–water partition coefficient (Wildman–Crippen LogP) is 3.08. The molecule has 1 aliphatic heterocycles. The molecule has 30 heavy (non-hydrogen) atoms. The van der Waals surface area contributed by atoms with Gasteiger partial charge in [0.2, 0.25) is 11.8 Å². The van der Waals surface area contributed by atoms with Gasteiger partial charge in [-0.15, -0.1) is 0 Å². The van der Waals surface area contributed by atoms with Crippen LogP contribution in [-0.2, 0) is 11.2 Å². The summed E-state index contributed by atoms with van der Waals surface area (Å²) in [5.74, 6) is 2.56. The number of aromatic nitrogens is 3. The van der Waals surface area contributed by atoms with E-state index in [4.69, 9.17) is 20.8 Å². The van der Waals surface area contributed by atoms with Crippen LogP contribution in [0, 0.1) is 0 Å². The predicted molar refractivity (Wildman–Crippen MR) is 113 cm³/mol. The van der Waals surface area contributed by atoms with Gasteiger partial charge in [0.15, 0.2) is 17.5 Å². The molecule has 0 atom stereocenters. The summed E-state index contributed by atoms with van der Waals surface area (Å²) in [6.45, 7) is 2.68. The zero-order valence-electron chi connectivity index (χ0n) is 16.6. The second kappa shape index (κ2) is 9.13. The molecule has 0 aliphatic carbocycles. The number of aryl methyl sites for hydroxylation is 1. The molecule has 0 N–H and O–H groups in total. The number of halogens is 1. The van der Waals surface area contributed by atoms with Crippen molar-refractivity contribution in [2.24, 2.45) is 0 Å². The molecule has 3 aromatic rings. The van der Waals surface area contributed by atoms with Gasteiger partial charge in [0.05, 0.1) is 25.7 Å². The number of amides is 1. The van der Waals surface area contributed by atoms with E-state index < -0.39 is 0 Å². The van der Waals surface area contributed by atoms with Gasteiger partial charge < -0.3 is 19.0 Å². The summed E-state index contributed by atoms with van der Waals surface area (Å²) in [6.07, 6.45) is 5.79. The molecule has 1 fully saturated rings. The zero-order valence-corrected chi connectivity index (χ0v) is 17.4. The quantitative estimate of drug-likeness (QED) is 0.597. The molecule has 9 heteroatoms. The molecule has 1 amide bonds. The summed E-state index contributed by atoms with van der Waals surface area (Å²) in [7, 11) is 1.57. The molecule has 1 aliphatic rings. The molecule has 0 unspecified atom stereocenters. The first-order chi connectivity index (χ1) is 14.6. The van der Waals surface area contributed by atoms with Gasteiger partial charge in [0, 0.05) is 49.6 Å². The molecule has 156 valence electrons. The summed E-state index contributed by atoms with van der Waals surface area (Å²) in [5, 5.41) is 0.669. The van der Waals surface area contributed by atoms with Gasteiger partial charge in [-0.05, 0) is 24.3 Å². The van der Waals surface area contributed by atoms with Gasteiger partial charge in [-0.1, -0.05) is 11.6 Å². The number of methoxy groups -OCH3 is 1. The number of nitrogens with zero attached hydrogens (tertiary/aromatic N) is 5. The number of hydrogen-bond donors (Lipinski definition) is 0. The molecule has 4 rings (SSSR count). The number of hydrogen-bond acceptors (Lipinski definition) is 7. The SMILES string of the molecule is COc1cncc(N2CCN(C(=O)CCc3ncc(-c4ccc(Cl)cc4)o3)CC2)n1. The van der Waals surface area contributed by atoms with Crippen molar-refractivity contribution in [3.8, 4) is 17.2 Å². The van der Waals surface area contributed by atoms with Crippen molar-refractivity contribution in [3.05, 3.63) is 53.8 Å². The van der Waals surface area contributed by atoms with Crippen LogP contribution in [0.3, 0.4) is 0 Å². The maximum atomic E-state index is 12.6. The van der Waals surface area contributed by atoms with E-state index in [1.54, 1.807) is 37.8 Å². The van der Waals surface area contributed by atoms with E-state index in [-0.39, 0.29) is 5.91 Å². The highest BCUT2D eigenvalue weighted by Gasteiger charge is 2.22. The standard InChI is InChI=1S/C21H22ClN5O3/c1-29-20-14-23-13-18(25-20)26-8-10-27(11-9-26)21(28)7-6-19-24-12-17(30-19)15-2-4-16(22)5-3-15/h2-5,12-14H,6-11H2,1H3. The fraction of sp³-hybridized carbons (Fsp3) is 0.333. The molecule has 0 spiro atoms. The fourth-order valence-electron chi connectivity index (χ4n) is 3.32. The van der Waals surface area contributed by atoms with Crippen LogP contribution in [0.25, 0.3) is 11.3 Å². The Morgan fingerprint density at radius 1 is 1.13 bits per heavy atom. The minimum Gasteiger partial charge on any atom is -0.480 e. The molecule has 1 aromatic carbocycles. The second-order valence-corrected chi connectivity index (χ2v) is 7.35. The Labute approximate surface area is 179 Å². The van der Waals surface area contributed by atoms with Crippen molar-refractivity contribution in [2.75, 3.05) is 38.2 Å². The second-order valence-electron chi connectivity index (χ2n) is 6.91. The Kier molecular flexibility index (Phi) is 6.13. The monoisotopic (exact) mass is 427 g/mol. The molecule has 0 radical (unpaired) electrons. The summed E-state index contributed by atoms with van der Waals surface area (Å²) < 4.78 is 10.9. The highest BCUT2D eigenvalue weighted by molar-refractivity contribution is 6.30. The smallest absolute Gasteiger partial charge is 0.233 e. The molecule has 8 nitrogen and oxygen atoms in total. The Morgan fingerprint density at radius 3 is 2.63 bits per heavy atom. The van der Waals surface area contributed by atoms with Crippen LogP contribution >= 0.6 is 11.6 Å². The first-order valence-electron chi connectivity index (χ1n) is 9.72. The maximum absolute atomic E-state index is 12.6. The van der Waals surface area contributed by atoms with Crippen LogP contribution < -0.4 is 9.64 Å². The third kappa shape index (κ3) is 4.71. The normalized spacial score (nSPS) is 14.1. The van der Waals surface area contributed by atoms with Crippen molar-refractivity contribution < 1.29 is 13.9 Å². The summed E-state index contributed by atoms with van der Waals surface area (Å²) >= 11 is 5.92. The molecule has 3 heterocycles. The van der Waals surface area contributed by atoms with Gasteiger partial charge in [-0.2, -0.15) is 4.98 Å². The number of oxazole rings is 1. The minimum absolute atomic E-state index is 0.0950. The van der Waals surface area contributed by atoms with Gasteiger partial charge in [0.25, 0.3) is 0 Å². The number of piperazine rings is 1. The van der Waals surface area contributed by atoms with Crippen LogP contribution in [0.15, 0.2) is 47.3 Å². The molecule has 0 saturated carbocycles. The van der Waals surface area contributed by atoms with Gasteiger partial charge in [0.1, 0.15) is 0 Å². The lowest BCUT2D eigenvalue weighted by Crippen LogP contribution is -2.49. The number of carbonyl (C=O) groups is 1. The number of ether oxygens (including phenoxy) is 1. The zero-order chi connectivity index (χ0) is 20.9. The average molecular weight is 428 g/mol. The van der Waals surface area contributed by atoms with Gasteiger partial charge >= 0.3 is 0 Å². The van der Waals surface area contributed by atoms with E-state index >= 15 is 0 Å². The maximum Gasteiger partial charge on any atom is 0.233 e. The third-order valence-electron chi connectivity index (χ3n) is 5.00. The number of carbonyl (C=O) groups excluding carboxylic acids is 1. The topological polar surface area (TPSA) is 84.6 Å². The van der Waals surface area contributed by atoms with E-state index in [1.165, 1.54) is 0 Å². The molecule has 0 bridgehead atoms. The van der Waals surface area contributed by atoms with Crippen molar-refractivity contribution in [1.82, 2.24) is 19.9 Å². The Hall–Kier alpha value is -3.13. The highest BCUT2D eigenvalue weighted by atomic mass is 35.5. The van der Waals surface area contributed by atoms with Crippen molar-refractivity contribution in [1.29, 1.82) is 0 Å². The van der Waals surface area contributed by atoms with Crippen LogP contribution in [0.5, 0.6) is 5.88 Å². The summed E-state index contributed by atoms with van der Waals surface area (Å²) in [5.41, 5.74) is 0.904. The largest absolute Gasteiger partial charge is 0.480 e. The average Bonchev–Trinajstić information content (AvgIpc) is 3.27. The molecule has 2 aromatic heterocycles. The molecule has 1 saturated heterocycles. The van der Waals surface area contributed by atoms with E-state index in [0.29, 0.717) is 61.6 Å². The summed E-state index contributed by atoms with van der Waals surface area (Å²) in [4.78, 5) is 29.4. The van der Waals surface area contributed by atoms with Crippen molar-refractivity contribution in [3.63, 3.8) is 0 Å². The van der Waals surface area contributed by atoms with Crippen LogP contribution in [-0.4, -0.2) is 59.0 Å². The van der Waals surface area contributed by atoms with Crippen LogP contribution in [0.2, 0.25) is 5.02 Å². The van der Waals surface area contributed by atoms with E-state index in [0.717, 1.165) is 11.4 Å².